The van der Waals surface area contributed by atoms with Crippen LogP contribution in [0.5, 0.6) is 0 Å². The van der Waals surface area contributed by atoms with Crippen LogP contribution in [0.4, 0.5) is 0 Å². The number of hydrogen-bond acceptors (Lipinski definition) is 4. The second-order valence-electron chi connectivity index (χ2n) is 8.03. The first kappa shape index (κ1) is 17.4. The zero-order valence-corrected chi connectivity index (χ0v) is 15.5. The zero-order valence-electron chi connectivity index (χ0n) is 15.5. The molecule has 134 valence electrons. The molecule has 6 nitrogen and oxygen atoms in total. The molecule has 2 atom stereocenters. The highest BCUT2D eigenvalue weighted by molar-refractivity contribution is 5.78. The normalized spacial score (nSPS) is 27.3. The van der Waals surface area contributed by atoms with Crippen LogP contribution in [0.3, 0.4) is 0 Å². The van der Waals surface area contributed by atoms with Crippen molar-refractivity contribution in [3.05, 3.63) is 17.0 Å². The molecule has 0 radical (unpaired) electrons. The Labute approximate surface area is 144 Å². The predicted octanol–water partition coefficient (Wildman–Crippen LogP) is 0.946. The molecule has 1 aromatic heterocycles. The molecule has 1 amide bonds. The van der Waals surface area contributed by atoms with Gasteiger partial charge < -0.3 is 10.0 Å². The summed E-state index contributed by atoms with van der Waals surface area (Å²) >= 11 is 0. The molecule has 0 unspecified atom stereocenters. The highest BCUT2D eigenvalue weighted by Crippen LogP contribution is 2.43. The Kier molecular flexibility index (Phi) is 4.47. The molecule has 0 spiro atoms. The minimum Gasteiger partial charge on any atom is -0.396 e. The standard InChI is InChI=1S/C18H30N4O2/c1-12(2)17(24)22-7-15-6-21(9-18(15,10-22)11-23)8-16-13(3)19-20(5)14(16)4/h12,15,23H,6-11H2,1-5H3/t15-,18+/m0/s1. The maximum atomic E-state index is 12.3. The highest BCUT2D eigenvalue weighted by atomic mass is 16.3. The van der Waals surface area contributed by atoms with Crippen molar-refractivity contribution in [1.82, 2.24) is 19.6 Å². The first-order valence-corrected chi connectivity index (χ1v) is 8.88. The Morgan fingerprint density at radius 3 is 2.54 bits per heavy atom. The average molecular weight is 334 g/mol. The number of aromatic nitrogens is 2. The lowest BCUT2D eigenvalue weighted by Crippen LogP contribution is -2.40. The monoisotopic (exact) mass is 334 g/mol. The van der Waals surface area contributed by atoms with Crippen LogP contribution in [0.2, 0.25) is 0 Å². The van der Waals surface area contributed by atoms with E-state index < -0.39 is 0 Å². The molecule has 0 saturated carbocycles. The molecule has 1 aromatic rings. The third kappa shape index (κ3) is 2.75. The van der Waals surface area contributed by atoms with E-state index in [1.165, 1.54) is 11.3 Å². The van der Waals surface area contributed by atoms with Crippen molar-refractivity contribution in [2.75, 3.05) is 32.8 Å². The number of aryl methyl sites for hydroxylation is 2. The molecule has 24 heavy (non-hydrogen) atoms. The van der Waals surface area contributed by atoms with Gasteiger partial charge in [0.2, 0.25) is 5.91 Å². The zero-order chi connectivity index (χ0) is 17.6. The van der Waals surface area contributed by atoms with Gasteiger partial charge in [0, 0.05) is 62.4 Å². The first-order chi connectivity index (χ1) is 11.3. The van der Waals surface area contributed by atoms with Gasteiger partial charge in [0.1, 0.15) is 0 Å². The molecule has 0 bridgehead atoms. The molecule has 3 heterocycles. The van der Waals surface area contributed by atoms with Gasteiger partial charge >= 0.3 is 0 Å². The molecular weight excluding hydrogens is 304 g/mol. The summed E-state index contributed by atoms with van der Waals surface area (Å²) in [5.41, 5.74) is 3.43. The molecule has 2 saturated heterocycles. The van der Waals surface area contributed by atoms with E-state index in [9.17, 15) is 9.90 Å². The number of carbonyl (C=O) groups is 1. The number of hydrogen-bond donors (Lipinski definition) is 1. The second-order valence-corrected chi connectivity index (χ2v) is 8.03. The van der Waals surface area contributed by atoms with Crippen LogP contribution in [0, 0.1) is 31.1 Å². The number of amides is 1. The van der Waals surface area contributed by atoms with Crippen molar-refractivity contribution in [3.8, 4) is 0 Å². The number of rotatable bonds is 4. The van der Waals surface area contributed by atoms with Gasteiger partial charge in [-0.05, 0) is 19.8 Å². The van der Waals surface area contributed by atoms with Crippen LogP contribution in [-0.4, -0.2) is 63.4 Å². The lowest BCUT2D eigenvalue weighted by atomic mass is 9.82. The van der Waals surface area contributed by atoms with Gasteiger partial charge in [-0.3, -0.25) is 14.4 Å². The van der Waals surface area contributed by atoms with Crippen LogP contribution in [0.1, 0.15) is 30.8 Å². The minimum atomic E-state index is -0.158. The molecule has 2 aliphatic heterocycles. The van der Waals surface area contributed by atoms with E-state index >= 15 is 0 Å². The van der Waals surface area contributed by atoms with Gasteiger partial charge in [-0.1, -0.05) is 13.8 Å². The largest absolute Gasteiger partial charge is 0.396 e. The van der Waals surface area contributed by atoms with Crippen LogP contribution >= 0.6 is 0 Å². The number of fused-ring (bicyclic) bond motifs is 1. The van der Waals surface area contributed by atoms with Gasteiger partial charge in [-0.15, -0.1) is 0 Å². The average Bonchev–Trinajstić information content (AvgIpc) is 3.11. The highest BCUT2D eigenvalue weighted by Gasteiger charge is 2.53. The van der Waals surface area contributed by atoms with E-state index in [1.807, 2.05) is 30.5 Å². The van der Waals surface area contributed by atoms with E-state index in [-0.39, 0.29) is 23.8 Å². The summed E-state index contributed by atoms with van der Waals surface area (Å²) in [6.07, 6.45) is 0. The fraction of sp³-hybridized carbons (Fsp3) is 0.778. The summed E-state index contributed by atoms with van der Waals surface area (Å²) in [5.74, 6) is 0.599. The fourth-order valence-electron chi connectivity index (χ4n) is 4.44. The summed E-state index contributed by atoms with van der Waals surface area (Å²) in [6.45, 7) is 12.3. The van der Waals surface area contributed by atoms with Crippen molar-refractivity contribution in [1.29, 1.82) is 0 Å². The van der Waals surface area contributed by atoms with Crippen LogP contribution in [0.25, 0.3) is 0 Å². The number of nitrogens with zero attached hydrogens (tertiary/aromatic N) is 4. The fourth-order valence-corrected chi connectivity index (χ4v) is 4.44. The van der Waals surface area contributed by atoms with Crippen molar-refractivity contribution >= 4 is 5.91 Å². The Bertz CT molecular complexity index is 639. The third-order valence-electron chi connectivity index (χ3n) is 5.99. The van der Waals surface area contributed by atoms with Gasteiger partial charge in [-0.2, -0.15) is 5.10 Å². The molecule has 2 aliphatic rings. The minimum absolute atomic E-state index is 0.0244. The smallest absolute Gasteiger partial charge is 0.225 e. The summed E-state index contributed by atoms with van der Waals surface area (Å²) in [5, 5.41) is 14.6. The number of likely N-dealkylation sites (tertiary alicyclic amines) is 2. The van der Waals surface area contributed by atoms with Crippen LogP contribution in [0.15, 0.2) is 0 Å². The third-order valence-corrected chi connectivity index (χ3v) is 5.99. The van der Waals surface area contributed by atoms with Gasteiger partial charge in [-0.25, -0.2) is 0 Å². The quantitative estimate of drug-likeness (QED) is 0.890. The number of carbonyl (C=O) groups excluding carboxylic acids is 1. The van der Waals surface area contributed by atoms with Crippen molar-refractivity contribution in [3.63, 3.8) is 0 Å². The Morgan fingerprint density at radius 1 is 1.33 bits per heavy atom. The molecule has 2 fully saturated rings. The topological polar surface area (TPSA) is 61.6 Å². The molecule has 6 heteroatoms. The molecule has 0 aliphatic carbocycles. The van der Waals surface area contributed by atoms with Gasteiger partial charge in [0.25, 0.3) is 0 Å². The molecule has 0 aromatic carbocycles. The first-order valence-electron chi connectivity index (χ1n) is 8.88. The van der Waals surface area contributed by atoms with Crippen molar-refractivity contribution in [2.24, 2.45) is 24.3 Å². The number of aliphatic hydroxyl groups excluding tert-OH is 1. The predicted molar refractivity (Wildman–Crippen MR) is 92.4 cm³/mol. The summed E-state index contributed by atoms with van der Waals surface area (Å²) in [4.78, 5) is 16.7. The summed E-state index contributed by atoms with van der Waals surface area (Å²) in [7, 11) is 1.98. The van der Waals surface area contributed by atoms with E-state index in [0.717, 1.165) is 31.9 Å². The van der Waals surface area contributed by atoms with Gasteiger partial charge in [0.15, 0.2) is 0 Å². The molecular formula is C18H30N4O2. The van der Waals surface area contributed by atoms with Crippen LogP contribution in [-0.2, 0) is 18.4 Å². The Morgan fingerprint density at radius 2 is 2.04 bits per heavy atom. The second kappa shape index (κ2) is 6.15. The van der Waals surface area contributed by atoms with Gasteiger partial charge in [0.05, 0.1) is 12.3 Å². The lowest BCUT2D eigenvalue weighted by Gasteiger charge is -2.28. The number of aliphatic hydroxyl groups is 1. The van der Waals surface area contributed by atoms with E-state index in [4.69, 9.17) is 0 Å². The molecule has 3 rings (SSSR count). The lowest BCUT2D eigenvalue weighted by molar-refractivity contribution is -0.134. The summed E-state index contributed by atoms with van der Waals surface area (Å²) in [6, 6.07) is 0. The van der Waals surface area contributed by atoms with Crippen molar-refractivity contribution < 1.29 is 9.90 Å². The Balaban J connectivity index is 1.72. The van der Waals surface area contributed by atoms with Crippen LogP contribution < -0.4 is 0 Å². The Hall–Kier alpha value is -1.40. The maximum Gasteiger partial charge on any atom is 0.225 e. The van der Waals surface area contributed by atoms with E-state index in [2.05, 4.69) is 23.8 Å². The SMILES string of the molecule is Cc1nn(C)c(C)c1CN1C[C@H]2CN(C(=O)C(C)C)C[C@@]2(CO)C1. The van der Waals surface area contributed by atoms with E-state index in [0.29, 0.717) is 12.5 Å². The molecule has 1 N–H and O–H groups in total. The van der Waals surface area contributed by atoms with E-state index in [1.54, 1.807) is 0 Å². The summed E-state index contributed by atoms with van der Waals surface area (Å²) < 4.78 is 1.94. The maximum absolute atomic E-state index is 12.3. The van der Waals surface area contributed by atoms with Crippen molar-refractivity contribution in [2.45, 2.75) is 34.2 Å².